The Morgan fingerprint density at radius 1 is 1.50 bits per heavy atom. The largest absolute Gasteiger partial charge is 0.375 e. The molecule has 0 amide bonds. The second-order valence-electron chi connectivity index (χ2n) is 2.89. The Hall–Kier alpha value is -0.450. The molecule has 0 fully saturated rings. The maximum Gasteiger partial charge on any atom is 0.129 e. The number of hydrogen-bond donors (Lipinski definition) is 1. The molecule has 0 aliphatic heterocycles. The highest BCUT2D eigenvalue weighted by molar-refractivity contribution is 9.10. The van der Waals surface area contributed by atoms with Crippen molar-refractivity contribution in [2.75, 3.05) is 20.2 Å². The van der Waals surface area contributed by atoms with Crippen LogP contribution < -0.4 is 5.32 Å². The predicted molar refractivity (Wildman–Crippen MR) is 57.7 cm³/mol. The van der Waals surface area contributed by atoms with E-state index in [1.165, 1.54) is 6.07 Å². The summed E-state index contributed by atoms with van der Waals surface area (Å²) in [6.07, 6.45) is 0. The highest BCUT2D eigenvalue weighted by Crippen LogP contribution is 2.15. The minimum Gasteiger partial charge on any atom is -0.375 e. The van der Waals surface area contributed by atoms with Crippen molar-refractivity contribution < 1.29 is 9.13 Å². The van der Waals surface area contributed by atoms with Crippen LogP contribution in [-0.2, 0) is 11.3 Å². The molecule has 0 heterocycles. The summed E-state index contributed by atoms with van der Waals surface area (Å²) < 4.78 is 19.2. The fourth-order valence-electron chi connectivity index (χ4n) is 0.995. The summed E-state index contributed by atoms with van der Waals surface area (Å²) in [5, 5.41) is 2.95. The van der Waals surface area contributed by atoms with Gasteiger partial charge in [-0.2, -0.15) is 0 Å². The van der Waals surface area contributed by atoms with Gasteiger partial charge in [0.1, 0.15) is 5.82 Å². The van der Waals surface area contributed by atoms with Gasteiger partial charge in [-0.1, -0.05) is 22.0 Å². The first-order valence-corrected chi connectivity index (χ1v) is 5.19. The third-order valence-electron chi connectivity index (χ3n) is 1.77. The molecule has 1 N–H and O–H groups in total. The Labute approximate surface area is 91.6 Å². The van der Waals surface area contributed by atoms with Crippen LogP contribution in [0.15, 0.2) is 22.7 Å². The van der Waals surface area contributed by atoms with Gasteiger partial charge >= 0.3 is 0 Å². The van der Waals surface area contributed by atoms with Crippen molar-refractivity contribution in [3.8, 4) is 0 Å². The topological polar surface area (TPSA) is 21.3 Å². The van der Waals surface area contributed by atoms with E-state index in [4.69, 9.17) is 4.74 Å². The van der Waals surface area contributed by atoms with Crippen LogP contribution in [0.3, 0.4) is 0 Å². The maximum absolute atomic E-state index is 13.2. The smallest absolute Gasteiger partial charge is 0.129 e. The predicted octanol–water partition coefficient (Wildman–Crippen LogP) is 2.32. The molecule has 0 aliphatic carbocycles. The first kappa shape index (κ1) is 11.6. The molecule has 14 heavy (non-hydrogen) atoms. The number of likely N-dealkylation sites (N-methyl/N-ethyl adjacent to an activating group) is 1. The highest BCUT2D eigenvalue weighted by atomic mass is 79.9. The van der Waals surface area contributed by atoms with Crippen molar-refractivity contribution in [3.63, 3.8) is 0 Å². The summed E-state index contributed by atoms with van der Waals surface area (Å²) >= 11 is 3.20. The van der Waals surface area contributed by atoms with E-state index < -0.39 is 0 Å². The van der Waals surface area contributed by atoms with Gasteiger partial charge in [0, 0.05) is 16.6 Å². The molecular formula is C10H13BrFNO. The van der Waals surface area contributed by atoms with E-state index in [2.05, 4.69) is 21.2 Å². The maximum atomic E-state index is 13.2. The lowest BCUT2D eigenvalue weighted by Gasteiger charge is -2.05. The summed E-state index contributed by atoms with van der Waals surface area (Å²) in [6.45, 7) is 1.69. The molecule has 0 bridgehead atoms. The van der Waals surface area contributed by atoms with Crippen molar-refractivity contribution in [1.29, 1.82) is 0 Å². The van der Waals surface area contributed by atoms with Crippen LogP contribution in [0.2, 0.25) is 0 Å². The first-order valence-electron chi connectivity index (χ1n) is 4.40. The molecule has 0 radical (unpaired) electrons. The Bertz CT molecular complexity index is 293. The van der Waals surface area contributed by atoms with Gasteiger partial charge in [0.05, 0.1) is 13.2 Å². The van der Waals surface area contributed by atoms with Crippen molar-refractivity contribution in [2.24, 2.45) is 0 Å². The van der Waals surface area contributed by atoms with Crippen molar-refractivity contribution in [2.45, 2.75) is 6.61 Å². The Kier molecular flexibility index (Phi) is 5.07. The third-order valence-corrected chi connectivity index (χ3v) is 2.26. The van der Waals surface area contributed by atoms with Crippen LogP contribution >= 0.6 is 15.9 Å². The number of rotatable bonds is 5. The summed E-state index contributed by atoms with van der Waals surface area (Å²) in [6, 6.07) is 4.97. The first-order chi connectivity index (χ1) is 6.74. The standard InChI is InChI=1S/C10H13BrFNO/c1-13-4-5-14-7-8-2-3-9(11)6-10(8)12/h2-3,6,13H,4-5,7H2,1H3. The van der Waals surface area contributed by atoms with Crippen molar-refractivity contribution >= 4 is 15.9 Å². The van der Waals surface area contributed by atoms with Gasteiger partial charge in [0.15, 0.2) is 0 Å². The van der Waals surface area contributed by atoms with Crippen molar-refractivity contribution in [1.82, 2.24) is 5.32 Å². The quantitative estimate of drug-likeness (QED) is 0.822. The lowest BCUT2D eigenvalue weighted by Crippen LogP contribution is -2.14. The summed E-state index contributed by atoms with van der Waals surface area (Å²) in [4.78, 5) is 0. The second-order valence-corrected chi connectivity index (χ2v) is 3.81. The van der Waals surface area contributed by atoms with E-state index >= 15 is 0 Å². The van der Waals surface area contributed by atoms with E-state index in [1.807, 2.05) is 7.05 Å². The molecule has 1 rings (SSSR count). The van der Waals surface area contributed by atoms with Crippen LogP contribution in [0.5, 0.6) is 0 Å². The molecule has 0 unspecified atom stereocenters. The number of hydrogen-bond acceptors (Lipinski definition) is 2. The summed E-state index contributed by atoms with van der Waals surface area (Å²) in [5.41, 5.74) is 0.587. The molecule has 4 heteroatoms. The average Bonchev–Trinajstić information content (AvgIpc) is 2.15. The SMILES string of the molecule is CNCCOCc1ccc(Br)cc1F. The minimum atomic E-state index is -0.233. The van der Waals surface area contributed by atoms with E-state index in [0.29, 0.717) is 18.8 Å². The fraction of sp³-hybridized carbons (Fsp3) is 0.400. The normalized spacial score (nSPS) is 10.5. The van der Waals surface area contributed by atoms with Gasteiger partial charge in [-0.15, -0.1) is 0 Å². The number of ether oxygens (including phenoxy) is 1. The number of halogens is 2. The lowest BCUT2D eigenvalue weighted by molar-refractivity contribution is 0.121. The van der Waals surface area contributed by atoms with E-state index in [0.717, 1.165) is 11.0 Å². The highest BCUT2D eigenvalue weighted by Gasteiger charge is 2.01. The van der Waals surface area contributed by atoms with E-state index in [-0.39, 0.29) is 5.82 Å². The molecule has 0 saturated carbocycles. The average molecular weight is 262 g/mol. The summed E-state index contributed by atoms with van der Waals surface area (Å²) in [7, 11) is 1.85. The zero-order valence-corrected chi connectivity index (χ0v) is 9.60. The third kappa shape index (κ3) is 3.74. The fourth-order valence-corrected chi connectivity index (χ4v) is 1.33. The van der Waals surface area contributed by atoms with Crippen LogP contribution in [0.4, 0.5) is 4.39 Å². The van der Waals surface area contributed by atoms with Gasteiger partial charge < -0.3 is 10.1 Å². The van der Waals surface area contributed by atoms with Crippen LogP contribution in [-0.4, -0.2) is 20.2 Å². The molecule has 1 aromatic carbocycles. The molecular weight excluding hydrogens is 249 g/mol. The van der Waals surface area contributed by atoms with Crippen LogP contribution in [0.25, 0.3) is 0 Å². The Morgan fingerprint density at radius 3 is 2.93 bits per heavy atom. The lowest BCUT2D eigenvalue weighted by atomic mass is 10.2. The monoisotopic (exact) mass is 261 g/mol. The van der Waals surface area contributed by atoms with Gasteiger partial charge in [-0.3, -0.25) is 0 Å². The molecule has 2 nitrogen and oxygen atoms in total. The summed E-state index contributed by atoms with van der Waals surface area (Å²) in [5.74, 6) is -0.233. The molecule has 0 atom stereocenters. The van der Waals surface area contributed by atoms with Crippen LogP contribution in [0, 0.1) is 5.82 Å². The Morgan fingerprint density at radius 2 is 2.29 bits per heavy atom. The Balaban J connectivity index is 2.42. The number of benzene rings is 1. The van der Waals surface area contributed by atoms with Gasteiger partial charge in [-0.25, -0.2) is 4.39 Å². The van der Waals surface area contributed by atoms with Crippen molar-refractivity contribution in [3.05, 3.63) is 34.1 Å². The van der Waals surface area contributed by atoms with Gasteiger partial charge in [-0.05, 0) is 19.2 Å². The zero-order chi connectivity index (χ0) is 10.4. The minimum absolute atomic E-state index is 0.233. The zero-order valence-electron chi connectivity index (χ0n) is 8.02. The van der Waals surface area contributed by atoms with Crippen LogP contribution in [0.1, 0.15) is 5.56 Å². The van der Waals surface area contributed by atoms with E-state index in [9.17, 15) is 4.39 Å². The van der Waals surface area contributed by atoms with E-state index in [1.54, 1.807) is 12.1 Å². The second kappa shape index (κ2) is 6.11. The number of nitrogens with one attached hydrogen (secondary N) is 1. The van der Waals surface area contributed by atoms with Gasteiger partial charge in [0.25, 0.3) is 0 Å². The molecule has 0 saturated heterocycles. The molecule has 0 aliphatic rings. The molecule has 0 aromatic heterocycles. The molecule has 0 spiro atoms. The van der Waals surface area contributed by atoms with Gasteiger partial charge in [0.2, 0.25) is 0 Å². The molecule has 1 aromatic rings. The molecule has 78 valence electrons.